The second-order valence-corrected chi connectivity index (χ2v) is 5.19. The molecule has 2 rings (SSSR count). The highest BCUT2D eigenvalue weighted by Crippen LogP contribution is 2.20. The van der Waals surface area contributed by atoms with E-state index in [1.54, 1.807) is 7.05 Å². The van der Waals surface area contributed by atoms with E-state index in [9.17, 15) is 9.18 Å². The van der Waals surface area contributed by atoms with Gasteiger partial charge in [0, 0.05) is 13.6 Å². The van der Waals surface area contributed by atoms with Crippen LogP contribution in [0.5, 0.6) is 0 Å². The maximum Gasteiger partial charge on any atom is 0.255 e. The number of hydrogen-bond donors (Lipinski definition) is 2. The summed E-state index contributed by atoms with van der Waals surface area (Å²) in [6, 6.07) is 1.18. The SMILES string of the molecule is CNc1ncc(F)cc1C(=O)NCCOC1CCCCC1. The van der Waals surface area contributed by atoms with Gasteiger partial charge in [0.25, 0.3) is 5.91 Å². The van der Waals surface area contributed by atoms with Gasteiger partial charge in [-0.25, -0.2) is 9.37 Å². The molecule has 0 spiro atoms. The van der Waals surface area contributed by atoms with E-state index in [4.69, 9.17) is 4.74 Å². The standard InChI is InChI=1S/C15H22FN3O2/c1-17-14-13(9-11(16)10-19-14)15(20)18-7-8-21-12-5-3-2-4-6-12/h9-10,12H,2-8H2,1H3,(H,17,19)(H,18,20). The van der Waals surface area contributed by atoms with Crippen molar-refractivity contribution in [3.05, 3.63) is 23.6 Å². The van der Waals surface area contributed by atoms with Gasteiger partial charge in [-0.2, -0.15) is 0 Å². The highest BCUT2D eigenvalue weighted by molar-refractivity contribution is 5.98. The van der Waals surface area contributed by atoms with Crippen LogP contribution < -0.4 is 10.6 Å². The molecular formula is C15H22FN3O2. The number of hydrogen-bond acceptors (Lipinski definition) is 4. The minimum Gasteiger partial charge on any atom is -0.376 e. The lowest BCUT2D eigenvalue weighted by Crippen LogP contribution is -2.30. The first kappa shape index (κ1) is 15.7. The molecule has 116 valence electrons. The van der Waals surface area contributed by atoms with Crippen molar-refractivity contribution in [1.29, 1.82) is 0 Å². The van der Waals surface area contributed by atoms with Crippen LogP contribution in [0.25, 0.3) is 0 Å². The molecular weight excluding hydrogens is 273 g/mol. The maximum absolute atomic E-state index is 13.2. The number of nitrogens with one attached hydrogen (secondary N) is 2. The molecule has 2 N–H and O–H groups in total. The second kappa shape index (κ2) is 7.93. The van der Waals surface area contributed by atoms with Crippen LogP contribution in [0, 0.1) is 5.82 Å². The summed E-state index contributed by atoms with van der Waals surface area (Å²) >= 11 is 0. The van der Waals surface area contributed by atoms with E-state index in [1.165, 1.54) is 25.3 Å². The summed E-state index contributed by atoms with van der Waals surface area (Å²) in [6.07, 6.45) is 7.33. The Bertz CT molecular complexity index is 476. The molecule has 1 fully saturated rings. The van der Waals surface area contributed by atoms with Gasteiger partial charge in [0.1, 0.15) is 11.6 Å². The number of halogens is 1. The van der Waals surface area contributed by atoms with Gasteiger partial charge in [-0.05, 0) is 18.9 Å². The number of nitrogens with zero attached hydrogens (tertiary/aromatic N) is 1. The molecule has 1 aliphatic carbocycles. The molecule has 1 aliphatic rings. The van der Waals surface area contributed by atoms with Crippen molar-refractivity contribution in [2.75, 3.05) is 25.5 Å². The lowest BCUT2D eigenvalue weighted by Gasteiger charge is -2.22. The van der Waals surface area contributed by atoms with Crippen LogP contribution in [0.1, 0.15) is 42.5 Å². The molecule has 0 atom stereocenters. The molecule has 0 aliphatic heterocycles. The third kappa shape index (κ3) is 4.67. The van der Waals surface area contributed by atoms with Crippen molar-refractivity contribution in [2.45, 2.75) is 38.2 Å². The first-order valence-corrected chi connectivity index (χ1v) is 7.44. The average Bonchev–Trinajstić information content (AvgIpc) is 2.52. The van der Waals surface area contributed by atoms with E-state index >= 15 is 0 Å². The first-order chi connectivity index (χ1) is 10.2. The van der Waals surface area contributed by atoms with Crippen LogP contribution in [0.3, 0.4) is 0 Å². The topological polar surface area (TPSA) is 63.2 Å². The van der Waals surface area contributed by atoms with E-state index < -0.39 is 5.82 Å². The van der Waals surface area contributed by atoms with E-state index in [-0.39, 0.29) is 11.5 Å². The van der Waals surface area contributed by atoms with Gasteiger partial charge in [0.05, 0.1) is 24.5 Å². The Morgan fingerprint density at radius 1 is 1.43 bits per heavy atom. The minimum atomic E-state index is -0.530. The molecule has 1 heterocycles. The van der Waals surface area contributed by atoms with Gasteiger partial charge in [-0.15, -0.1) is 0 Å². The van der Waals surface area contributed by atoms with Crippen LogP contribution in [0.2, 0.25) is 0 Å². The number of rotatable bonds is 6. The Hall–Kier alpha value is -1.69. The van der Waals surface area contributed by atoms with E-state index in [0.29, 0.717) is 25.1 Å². The largest absolute Gasteiger partial charge is 0.376 e. The van der Waals surface area contributed by atoms with E-state index in [2.05, 4.69) is 15.6 Å². The smallest absolute Gasteiger partial charge is 0.255 e. The summed E-state index contributed by atoms with van der Waals surface area (Å²) in [5.41, 5.74) is 0.204. The molecule has 5 nitrogen and oxygen atoms in total. The summed E-state index contributed by atoms with van der Waals surface area (Å²) in [6.45, 7) is 0.892. The molecule has 1 saturated carbocycles. The Labute approximate surface area is 124 Å². The molecule has 6 heteroatoms. The summed E-state index contributed by atoms with van der Waals surface area (Å²) < 4.78 is 18.9. The fourth-order valence-electron chi connectivity index (χ4n) is 2.53. The number of carbonyl (C=O) groups is 1. The van der Waals surface area contributed by atoms with Gasteiger partial charge in [0.2, 0.25) is 0 Å². The van der Waals surface area contributed by atoms with Crippen LogP contribution >= 0.6 is 0 Å². The van der Waals surface area contributed by atoms with Gasteiger partial charge < -0.3 is 15.4 Å². The molecule has 1 aromatic heterocycles. The van der Waals surface area contributed by atoms with Crippen LogP contribution in [0.15, 0.2) is 12.3 Å². The second-order valence-electron chi connectivity index (χ2n) is 5.19. The molecule has 21 heavy (non-hydrogen) atoms. The normalized spacial score (nSPS) is 15.7. The number of ether oxygens (including phenoxy) is 1. The summed E-state index contributed by atoms with van der Waals surface area (Å²) in [5.74, 6) is -0.515. The molecule has 0 unspecified atom stereocenters. The minimum absolute atomic E-state index is 0.204. The van der Waals surface area contributed by atoms with Crippen LogP contribution in [0.4, 0.5) is 10.2 Å². The average molecular weight is 295 g/mol. The van der Waals surface area contributed by atoms with Crippen molar-refractivity contribution in [1.82, 2.24) is 10.3 Å². The highest BCUT2D eigenvalue weighted by Gasteiger charge is 2.15. The molecule has 1 amide bonds. The van der Waals surface area contributed by atoms with Crippen molar-refractivity contribution in [2.24, 2.45) is 0 Å². The third-order valence-corrected chi connectivity index (χ3v) is 3.63. The quantitative estimate of drug-likeness (QED) is 0.791. The maximum atomic E-state index is 13.2. The van der Waals surface area contributed by atoms with Gasteiger partial charge in [-0.1, -0.05) is 19.3 Å². The van der Waals surface area contributed by atoms with Crippen LogP contribution in [-0.2, 0) is 4.74 Å². The number of amides is 1. The van der Waals surface area contributed by atoms with Crippen LogP contribution in [-0.4, -0.2) is 37.2 Å². The monoisotopic (exact) mass is 295 g/mol. The lowest BCUT2D eigenvalue weighted by molar-refractivity contribution is 0.0299. The zero-order valence-corrected chi connectivity index (χ0v) is 12.3. The number of anilines is 1. The zero-order valence-electron chi connectivity index (χ0n) is 12.3. The van der Waals surface area contributed by atoms with Crippen molar-refractivity contribution < 1.29 is 13.9 Å². The van der Waals surface area contributed by atoms with Gasteiger partial charge in [-0.3, -0.25) is 4.79 Å². The predicted octanol–water partition coefficient (Wildman–Crippen LogP) is 2.34. The summed E-state index contributed by atoms with van der Waals surface area (Å²) in [5, 5.41) is 5.51. The van der Waals surface area contributed by atoms with Crippen molar-refractivity contribution >= 4 is 11.7 Å². The first-order valence-electron chi connectivity index (χ1n) is 7.44. The Kier molecular flexibility index (Phi) is 5.92. The molecule has 0 bridgehead atoms. The Morgan fingerprint density at radius 2 is 2.19 bits per heavy atom. The Balaban J connectivity index is 1.77. The molecule has 0 radical (unpaired) electrons. The number of carbonyl (C=O) groups excluding carboxylic acids is 1. The molecule has 0 aromatic carbocycles. The van der Waals surface area contributed by atoms with Gasteiger partial charge in [0.15, 0.2) is 0 Å². The molecule has 1 aromatic rings. The highest BCUT2D eigenvalue weighted by atomic mass is 19.1. The zero-order chi connectivity index (χ0) is 15.1. The van der Waals surface area contributed by atoms with E-state index in [1.807, 2.05) is 0 Å². The lowest BCUT2D eigenvalue weighted by atomic mass is 9.98. The van der Waals surface area contributed by atoms with Gasteiger partial charge >= 0.3 is 0 Å². The van der Waals surface area contributed by atoms with Crippen molar-refractivity contribution in [3.63, 3.8) is 0 Å². The van der Waals surface area contributed by atoms with E-state index in [0.717, 1.165) is 19.0 Å². The Morgan fingerprint density at radius 3 is 2.90 bits per heavy atom. The fraction of sp³-hybridized carbons (Fsp3) is 0.600. The summed E-state index contributed by atoms with van der Waals surface area (Å²) in [4.78, 5) is 15.9. The van der Waals surface area contributed by atoms with Crippen molar-refractivity contribution in [3.8, 4) is 0 Å². The third-order valence-electron chi connectivity index (χ3n) is 3.63. The molecule has 0 saturated heterocycles. The number of aromatic nitrogens is 1. The summed E-state index contributed by atoms with van der Waals surface area (Å²) in [7, 11) is 1.64. The fourth-order valence-corrected chi connectivity index (χ4v) is 2.53. The number of pyridine rings is 1. The predicted molar refractivity (Wildman–Crippen MR) is 78.9 cm³/mol.